The van der Waals surface area contributed by atoms with Gasteiger partial charge in [0.05, 0.1) is 13.7 Å². The molecule has 1 spiro atoms. The number of benzene rings is 1. The molecule has 0 bridgehead atoms. The first-order valence-corrected chi connectivity index (χ1v) is 10.1. The second kappa shape index (κ2) is 8.73. The molecule has 1 saturated carbocycles. The second-order valence-corrected chi connectivity index (χ2v) is 7.97. The lowest BCUT2D eigenvalue weighted by Gasteiger charge is -2.36. The highest BCUT2D eigenvalue weighted by Crippen LogP contribution is 2.38. The van der Waals surface area contributed by atoms with Gasteiger partial charge in [-0.15, -0.1) is 0 Å². The number of imide groups is 1. The Balaban J connectivity index is 1.58. The van der Waals surface area contributed by atoms with E-state index in [2.05, 4.69) is 10.6 Å². The van der Waals surface area contributed by atoms with E-state index in [1.54, 1.807) is 24.3 Å². The number of hydrogen-bond acceptors (Lipinski definition) is 5. The van der Waals surface area contributed by atoms with Crippen LogP contribution in [0.2, 0.25) is 0 Å². The van der Waals surface area contributed by atoms with Crippen LogP contribution in [0.25, 0.3) is 0 Å². The van der Waals surface area contributed by atoms with E-state index < -0.39 is 23.4 Å². The molecule has 2 N–H and O–H groups in total. The van der Waals surface area contributed by atoms with Gasteiger partial charge < -0.3 is 20.3 Å². The Morgan fingerprint density at radius 3 is 2.80 bits per heavy atom. The largest absolute Gasteiger partial charge is 0.497 e. The topological polar surface area (TPSA) is 108 Å². The van der Waals surface area contributed by atoms with Crippen molar-refractivity contribution in [3.63, 3.8) is 0 Å². The predicted molar refractivity (Wildman–Crippen MR) is 110 cm³/mol. The van der Waals surface area contributed by atoms with Crippen LogP contribution in [0.1, 0.15) is 32.6 Å². The van der Waals surface area contributed by atoms with E-state index in [4.69, 9.17) is 4.74 Å². The minimum absolute atomic E-state index is 0.0224. The molecule has 1 aromatic rings. The summed E-state index contributed by atoms with van der Waals surface area (Å²) < 4.78 is 5.11. The van der Waals surface area contributed by atoms with Crippen LogP contribution in [0.15, 0.2) is 24.3 Å². The fourth-order valence-electron chi connectivity index (χ4n) is 4.10. The summed E-state index contributed by atoms with van der Waals surface area (Å²) in [7, 11) is 2.99. The summed E-state index contributed by atoms with van der Waals surface area (Å²) in [6, 6.07) is 6.32. The first-order valence-electron chi connectivity index (χ1n) is 10.1. The third-order valence-electron chi connectivity index (χ3n) is 5.95. The molecule has 9 nitrogen and oxygen atoms in total. The number of carbonyl (C=O) groups is 4. The smallest absolute Gasteiger partial charge is 0.325 e. The molecule has 30 heavy (non-hydrogen) atoms. The second-order valence-electron chi connectivity index (χ2n) is 7.97. The van der Waals surface area contributed by atoms with Crippen molar-refractivity contribution in [1.82, 2.24) is 15.1 Å². The molecule has 9 heteroatoms. The molecule has 1 aliphatic heterocycles. The molecule has 5 amide bonds. The van der Waals surface area contributed by atoms with Gasteiger partial charge in [-0.2, -0.15) is 0 Å². The van der Waals surface area contributed by atoms with Gasteiger partial charge in [0.2, 0.25) is 11.8 Å². The van der Waals surface area contributed by atoms with Crippen molar-refractivity contribution in [2.45, 2.75) is 38.1 Å². The van der Waals surface area contributed by atoms with Crippen molar-refractivity contribution in [3.05, 3.63) is 24.3 Å². The van der Waals surface area contributed by atoms with Crippen LogP contribution in [-0.4, -0.2) is 66.3 Å². The molecule has 3 rings (SSSR count). The number of likely N-dealkylation sites (N-methyl/N-ethyl adjacent to an activating group) is 1. The van der Waals surface area contributed by atoms with Crippen LogP contribution < -0.4 is 15.4 Å². The van der Waals surface area contributed by atoms with Crippen molar-refractivity contribution < 1.29 is 23.9 Å². The number of rotatable bonds is 6. The van der Waals surface area contributed by atoms with E-state index in [1.807, 2.05) is 6.92 Å². The molecule has 0 radical (unpaired) electrons. The van der Waals surface area contributed by atoms with E-state index in [0.717, 1.165) is 24.2 Å². The van der Waals surface area contributed by atoms with Gasteiger partial charge in [-0.1, -0.05) is 25.8 Å². The third-order valence-corrected chi connectivity index (χ3v) is 5.95. The number of nitrogens with zero attached hydrogens (tertiary/aromatic N) is 2. The molecule has 2 fully saturated rings. The summed E-state index contributed by atoms with van der Waals surface area (Å²) >= 11 is 0. The number of urea groups is 1. The summed E-state index contributed by atoms with van der Waals surface area (Å²) in [4.78, 5) is 52.4. The Bertz CT molecular complexity index is 858. The van der Waals surface area contributed by atoms with Gasteiger partial charge in [-0.25, -0.2) is 4.79 Å². The first-order chi connectivity index (χ1) is 14.3. The van der Waals surface area contributed by atoms with Gasteiger partial charge >= 0.3 is 6.03 Å². The molecule has 0 aromatic heterocycles. The maximum atomic E-state index is 13.0. The highest BCUT2D eigenvalue weighted by atomic mass is 16.5. The van der Waals surface area contributed by atoms with Crippen molar-refractivity contribution in [2.24, 2.45) is 5.92 Å². The van der Waals surface area contributed by atoms with Crippen molar-refractivity contribution in [3.8, 4) is 5.75 Å². The third kappa shape index (κ3) is 4.24. The lowest BCUT2D eigenvalue weighted by molar-refractivity contribution is -0.140. The molecule has 2 atom stereocenters. The van der Waals surface area contributed by atoms with Crippen LogP contribution in [0.3, 0.4) is 0 Å². The summed E-state index contributed by atoms with van der Waals surface area (Å²) in [5.74, 6) is -0.605. The monoisotopic (exact) mass is 416 g/mol. The van der Waals surface area contributed by atoms with E-state index >= 15 is 0 Å². The van der Waals surface area contributed by atoms with Gasteiger partial charge in [0.1, 0.15) is 17.8 Å². The van der Waals surface area contributed by atoms with Gasteiger partial charge in [-0.3, -0.25) is 19.3 Å². The average molecular weight is 416 g/mol. The van der Waals surface area contributed by atoms with Gasteiger partial charge in [-0.05, 0) is 30.9 Å². The highest BCUT2D eigenvalue weighted by molar-refractivity contribution is 6.09. The Morgan fingerprint density at radius 1 is 1.33 bits per heavy atom. The highest BCUT2D eigenvalue weighted by Gasteiger charge is 2.55. The summed E-state index contributed by atoms with van der Waals surface area (Å²) in [6.07, 6.45) is 3.33. The van der Waals surface area contributed by atoms with Crippen LogP contribution in [0, 0.1) is 5.92 Å². The van der Waals surface area contributed by atoms with E-state index in [1.165, 1.54) is 19.1 Å². The molecule has 1 saturated heterocycles. The van der Waals surface area contributed by atoms with Crippen LogP contribution >= 0.6 is 0 Å². The van der Waals surface area contributed by atoms with E-state index in [-0.39, 0.29) is 24.9 Å². The minimum atomic E-state index is -0.905. The number of methoxy groups -OCH3 is 1. The zero-order chi connectivity index (χ0) is 21.9. The number of nitrogens with one attached hydrogen (secondary N) is 2. The normalized spacial score (nSPS) is 23.3. The summed E-state index contributed by atoms with van der Waals surface area (Å²) in [5, 5.41) is 5.52. The standard InChI is InChI=1S/C21H28N4O5/c1-14-7-4-5-10-21(14)19(28)25(20(29)23-21)13-18(27)24(2)12-17(26)22-15-8-6-9-16(11-15)30-3/h6,8-9,11,14H,4-5,7,10,12-13H2,1-3H3,(H,22,26)(H,23,29)/t14-,21+/m0/s1. The summed E-state index contributed by atoms with van der Waals surface area (Å²) in [5.41, 5.74) is -0.361. The maximum Gasteiger partial charge on any atom is 0.325 e. The Morgan fingerprint density at radius 2 is 2.10 bits per heavy atom. The van der Waals surface area contributed by atoms with Gasteiger partial charge in [0.15, 0.2) is 0 Å². The molecule has 1 aromatic carbocycles. The average Bonchev–Trinajstić information content (AvgIpc) is 2.95. The first kappa shape index (κ1) is 21.6. The van der Waals surface area contributed by atoms with E-state index in [9.17, 15) is 19.2 Å². The summed E-state index contributed by atoms with van der Waals surface area (Å²) in [6.45, 7) is 1.36. The van der Waals surface area contributed by atoms with Crippen LogP contribution in [0.5, 0.6) is 5.75 Å². The quantitative estimate of drug-likeness (QED) is 0.685. The fraction of sp³-hybridized carbons (Fsp3) is 0.524. The SMILES string of the molecule is COc1cccc(NC(=O)CN(C)C(=O)CN2C(=O)N[C@@]3(CCCC[C@@H]3C)C2=O)c1. The predicted octanol–water partition coefficient (Wildman–Crippen LogP) is 1.59. The molecule has 0 unspecified atom stereocenters. The zero-order valence-electron chi connectivity index (χ0n) is 17.6. The lowest BCUT2D eigenvalue weighted by atomic mass is 9.73. The molecule has 2 aliphatic rings. The van der Waals surface area contributed by atoms with E-state index in [0.29, 0.717) is 17.9 Å². The molecule has 1 heterocycles. The van der Waals surface area contributed by atoms with Crippen molar-refractivity contribution in [2.75, 3.05) is 32.6 Å². The van der Waals surface area contributed by atoms with Crippen LogP contribution in [0.4, 0.5) is 10.5 Å². The maximum absolute atomic E-state index is 13.0. The zero-order valence-corrected chi connectivity index (χ0v) is 17.6. The number of anilines is 1. The Hall–Kier alpha value is -3.10. The number of carbonyl (C=O) groups excluding carboxylic acids is 4. The molecular weight excluding hydrogens is 388 g/mol. The number of amides is 5. The van der Waals surface area contributed by atoms with Crippen molar-refractivity contribution in [1.29, 1.82) is 0 Å². The lowest BCUT2D eigenvalue weighted by Crippen LogP contribution is -2.54. The number of ether oxygens (including phenoxy) is 1. The molecule has 1 aliphatic carbocycles. The Kier molecular flexibility index (Phi) is 6.28. The van der Waals surface area contributed by atoms with Crippen LogP contribution in [-0.2, 0) is 14.4 Å². The minimum Gasteiger partial charge on any atom is -0.497 e. The number of hydrogen-bond donors (Lipinski definition) is 2. The fourth-order valence-corrected chi connectivity index (χ4v) is 4.10. The molecular formula is C21H28N4O5. The Labute approximate surface area is 175 Å². The van der Waals surface area contributed by atoms with Crippen molar-refractivity contribution >= 4 is 29.4 Å². The van der Waals surface area contributed by atoms with Gasteiger partial charge in [0, 0.05) is 18.8 Å². The van der Waals surface area contributed by atoms with Gasteiger partial charge in [0.25, 0.3) is 5.91 Å². The molecule has 162 valence electrons.